The molecule has 0 saturated carbocycles. The Morgan fingerprint density at radius 1 is 1.42 bits per heavy atom. The summed E-state index contributed by atoms with van der Waals surface area (Å²) in [6, 6.07) is 6.98. The number of nitrogens with zero attached hydrogens (tertiary/aromatic N) is 1. The summed E-state index contributed by atoms with van der Waals surface area (Å²) in [5.41, 5.74) is 0.744. The number of hydrogen-bond donors (Lipinski definition) is 3. The maximum absolute atomic E-state index is 12.0. The SMILES string of the molecule is CC(O)C(NC(=O)c1ccccc1CC#N)C(=O)O. The Bertz CT molecular complexity index is 520. The molecule has 0 heterocycles. The van der Waals surface area contributed by atoms with Crippen molar-refractivity contribution < 1.29 is 19.8 Å². The molecule has 100 valence electrons. The molecule has 1 aromatic rings. The summed E-state index contributed by atoms with van der Waals surface area (Å²) < 4.78 is 0. The van der Waals surface area contributed by atoms with Gasteiger partial charge in [0.05, 0.1) is 18.6 Å². The maximum Gasteiger partial charge on any atom is 0.328 e. The molecule has 0 radical (unpaired) electrons. The van der Waals surface area contributed by atoms with Gasteiger partial charge in [-0.1, -0.05) is 18.2 Å². The van der Waals surface area contributed by atoms with Gasteiger partial charge in [-0.15, -0.1) is 0 Å². The van der Waals surface area contributed by atoms with Crippen molar-refractivity contribution in [3.05, 3.63) is 35.4 Å². The molecular formula is C13H14N2O4. The lowest BCUT2D eigenvalue weighted by molar-refractivity contribution is -0.141. The van der Waals surface area contributed by atoms with E-state index >= 15 is 0 Å². The number of nitrogens with one attached hydrogen (secondary N) is 1. The highest BCUT2D eigenvalue weighted by Crippen LogP contribution is 2.10. The van der Waals surface area contributed by atoms with E-state index in [4.69, 9.17) is 10.4 Å². The fourth-order valence-corrected chi connectivity index (χ4v) is 1.59. The molecule has 0 saturated heterocycles. The van der Waals surface area contributed by atoms with Gasteiger partial charge in [-0.3, -0.25) is 4.79 Å². The Balaban J connectivity index is 2.95. The highest BCUT2D eigenvalue weighted by Gasteiger charge is 2.26. The van der Waals surface area contributed by atoms with Gasteiger partial charge in [-0.2, -0.15) is 5.26 Å². The van der Waals surface area contributed by atoms with E-state index < -0.39 is 24.0 Å². The van der Waals surface area contributed by atoms with Crippen LogP contribution in [0.15, 0.2) is 24.3 Å². The van der Waals surface area contributed by atoms with E-state index in [1.807, 2.05) is 6.07 Å². The van der Waals surface area contributed by atoms with Crippen molar-refractivity contribution in [1.82, 2.24) is 5.32 Å². The fourth-order valence-electron chi connectivity index (χ4n) is 1.59. The highest BCUT2D eigenvalue weighted by molar-refractivity contribution is 5.98. The monoisotopic (exact) mass is 262 g/mol. The molecule has 0 fully saturated rings. The van der Waals surface area contributed by atoms with Gasteiger partial charge in [0.15, 0.2) is 6.04 Å². The first kappa shape index (κ1) is 14.7. The molecule has 1 amide bonds. The molecule has 1 rings (SSSR count). The number of nitriles is 1. The minimum Gasteiger partial charge on any atom is -0.480 e. The van der Waals surface area contributed by atoms with Crippen LogP contribution in [0.2, 0.25) is 0 Å². The van der Waals surface area contributed by atoms with Crippen molar-refractivity contribution in [3.63, 3.8) is 0 Å². The average molecular weight is 262 g/mol. The third-order valence-electron chi connectivity index (χ3n) is 2.57. The van der Waals surface area contributed by atoms with Crippen LogP contribution in [0.3, 0.4) is 0 Å². The first-order chi connectivity index (χ1) is 8.97. The molecule has 6 heteroatoms. The van der Waals surface area contributed by atoms with E-state index in [2.05, 4.69) is 5.32 Å². The van der Waals surface area contributed by atoms with Crippen LogP contribution in [0.5, 0.6) is 0 Å². The number of aliphatic hydroxyl groups excluding tert-OH is 1. The number of aliphatic carboxylic acids is 1. The Kier molecular flexibility index (Phi) is 5.03. The van der Waals surface area contributed by atoms with Crippen molar-refractivity contribution in [1.29, 1.82) is 5.26 Å². The molecule has 1 aromatic carbocycles. The first-order valence-corrected chi connectivity index (χ1v) is 5.64. The third kappa shape index (κ3) is 3.79. The molecular weight excluding hydrogens is 248 g/mol. The first-order valence-electron chi connectivity index (χ1n) is 5.64. The number of carboxylic acids is 1. The van der Waals surface area contributed by atoms with Gasteiger partial charge in [0.2, 0.25) is 0 Å². The third-order valence-corrected chi connectivity index (χ3v) is 2.57. The highest BCUT2D eigenvalue weighted by atomic mass is 16.4. The minimum atomic E-state index is -1.39. The van der Waals surface area contributed by atoms with E-state index in [0.29, 0.717) is 5.56 Å². The number of amides is 1. The second-order valence-electron chi connectivity index (χ2n) is 4.02. The van der Waals surface area contributed by atoms with Crippen LogP contribution in [-0.4, -0.2) is 34.2 Å². The second kappa shape index (κ2) is 6.52. The summed E-state index contributed by atoms with van der Waals surface area (Å²) in [5, 5.41) is 29.1. The lowest BCUT2D eigenvalue weighted by atomic mass is 10.0. The summed E-state index contributed by atoms with van der Waals surface area (Å²) in [5.74, 6) is -1.94. The van der Waals surface area contributed by atoms with Crippen LogP contribution in [0, 0.1) is 11.3 Å². The summed E-state index contributed by atoms with van der Waals surface area (Å²) >= 11 is 0. The van der Waals surface area contributed by atoms with E-state index in [0.717, 1.165) is 0 Å². The summed E-state index contributed by atoms with van der Waals surface area (Å²) in [4.78, 5) is 22.9. The molecule has 2 atom stereocenters. The molecule has 0 aliphatic rings. The second-order valence-corrected chi connectivity index (χ2v) is 4.02. The Morgan fingerprint density at radius 3 is 2.58 bits per heavy atom. The van der Waals surface area contributed by atoms with Gasteiger partial charge in [0.1, 0.15) is 0 Å². The number of carbonyl (C=O) groups is 2. The van der Waals surface area contributed by atoms with Gasteiger partial charge < -0.3 is 15.5 Å². The molecule has 19 heavy (non-hydrogen) atoms. The minimum absolute atomic E-state index is 0.0516. The lowest BCUT2D eigenvalue weighted by Gasteiger charge is -2.17. The molecule has 6 nitrogen and oxygen atoms in total. The van der Waals surface area contributed by atoms with Crippen molar-refractivity contribution >= 4 is 11.9 Å². The van der Waals surface area contributed by atoms with Gasteiger partial charge in [-0.05, 0) is 18.6 Å². The standard InChI is InChI=1S/C13H14N2O4/c1-8(16)11(13(18)19)15-12(17)10-5-3-2-4-9(10)6-7-14/h2-5,8,11,16H,6H2,1H3,(H,15,17)(H,18,19). The topological polar surface area (TPSA) is 110 Å². The largest absolute Gasteiger partial charge is 0.480 e. The predicted octanol–water partition coefficient (Wildman–Crippen LogP) is 0.316. The zero-order chi connectivity index (χ0) is 14.4. The Morgan fingerprint density at radius 2 is 2.05 bits per heavy atom. The van der Waals surface area contributed by atoms with Crippen molar-refractivity contribution in [2.24, 2.45) is 0 Å². The summed E-state index contributed by atoms with van der Waals surface area (Å²) in [6.45, 7) is 1.28. The van der Waals surface area contributed by atoms with E-state index in [1.54, 1.807) is 18.2 Å². The molecule has 0 bridgehead atoms. The number of aliphatic hydroxyl groups is 1. The molecule has 0 aliphatic heterocycles. The fraction of sp³-hybridized carbons (Fsp3) is 0.308. The molecule has 0 aliphatic carbocycles. The normalized spacial score (nSPS) is 13.1. The quantitative estimate of drug-likeness (QED) is 0.707. The molecule has 0 spiro atoms. The smallest absolute Gasteiger partial charge is 0.328 e. The van der Waals surface area contributed by atoms with Crippen LogP contribution < -0.4 is 5.32 Å². The van der Waals surface area contributed by atoms with Crippen LogP contribution in [-0.2, 0) is 11.2 Å². The van der Waals surface area contributed by atoms with Gasteiger partial charge in [-0.25, -0.2) is 4.79 Å². The average Bonchev–Trinajstić information content (AvgIpc) is 2.36. The van der Waals surface area contributed by atoms with Gasteiger partial charge >= 0.3 is 5.97 Å². The van der Waals surface area contributed by atoms with Crippen LogP contribution in [0.1, 0.15) is 22.8 Å². The zero-order valence-corrected chi connectivity index (χ0v) is 10.3. The lowest BCUT2D eigenvalue weighted by Crippen LogP contribution is -2.47. The molecule has 0 aromatic heterocycles. The van der Waals surface area contributed by atoms with Crippen LogP contribution in [0.4, 0.5) is 0 Å². The zero-order valence-electron chi connectivity index (χ0n) is 10.3. The van der Waals surface area contributed by atoms with Gasteiger partial charge in [0, 0.05) is 5.56 Å². The number of rotatable bonds is 5. The number of benzene rings is 1. The van der Waals surface area contributed by atoms with Crippen molar-refractivity contribution in [2.75, 3.05) is 0 Å². The number of hydrogen-bond acceptors (Lipinski definition) is 4. The van der Waals surface area contributed by atoms with Crippen molar-refractivity contribution in [2.45, 2.75) is 25.5 Å². The molecule has 3 N–H and O–H groups in total. The predicted molar refractivity (Wildman–Crippen MR) is 66.3 cm³/mol. The van der Waals surface area contributed by atoms with E-state index in [-0.39, 0.29) is 12.0 Å². The van der Waals surface area contributed by atoms with Crippen LogP contribution >= 0.6 is 0 Å². The molecule has 2 unspecified atom stereocenters. The van der Waals surface area contributed by atoms with E-state index in [9.17, 15) is 14.7 Å². The summed E-state index contributed by atoms with van der Waals surface area (Å²) in [6.07, 6.45) is -1.17. The van der Waals surface area contributed by atoms with E-state index in [1.165, 1.54) is 13.0 Å². The Hall–Kier alpha value is -2.39. The maximum atomic E-state index is 12.0. The van der Waals surface area contributed by atoms with Gasteiger partial charge in [0.25, 0.3) is 5.91 Å². The van der Waals surface area contributed by atoms with Crippen LogP contribution in [0.25, 0.3) is 0 Å². The Labute approximate surface area is 110 Å². The number of carboxylic acid groups (broad SMARTS) is 1. The summed E-state index contributed by atoms with van der Waals surface area (Å²) in [7, 11) is 0. The number of carbonyl (C=O) groups excluding carboxylic acids is 1. The van der Waals surface area contributed by atoms with Crippen molar-refractivity contribution in [3.8, 4) is 6.07 Å².